The van der Waals surface area contributed by atoms with E-state index >= 15 is 0 Å². The third-order valence-electron chi connectivity index (χ3n) is 3.01. The highest BCUT2D eigenvalue weighted by atomic mass is 35.5. The van der Waals surface area contributed by atoms with Crippen LogP contribution in [0.15, 0.2) is 42.5 Å². The van der Waals surface area contributed by atoms with Gasteiger partial charge in [0, 0.05) is 24.4 Å². The average molecular weight is 321 g/mol. The molecule has 0 aliphatic rings. The van der Waals surface area contributed by atoms with Crippen molar-refractivity contribution in [1.82, 2.24) is 0 Å². The monoisotopic (exact) mass is 320 g/mol. The molecule has 0 fully saturated rings. The van der Waals surface area contributed by atoms with E-state index in [0.29, 0.717) is 29.6 Å². The van der Waals surface area contributed by atoms with Gasteiger partial charge in [0.25, 0.3) is 5.69 Å². The molecular formula is C16H17ClN2O3. The van der Waals surface area contributed by atoms with Crippen molar-refractivity contribution in [1.29, 1.82) is 0 Å². The first-order valence-corrected chi connectivity index (χ1v) is 7.37. The van der Waals surface area contributed by atoms with E-state index in [4.69, 9.17) is 16.3 Å². The van der Waals surface area contributed by atoms with Crippen molar-refractivity contribution in [3.8, 4) is 5.75 Å². The number of nitrogens with zero attached hydrogens (tertiary/aromatic N) is 1. The first-order valence-electron chi connectivity index (χ1n) is 6.99. The molecule has 2 aromatic carbocycles. The maximum atomic E-state index is 10.7. The standard InChI is InChI=1S/C16H17ClN2O3/c1-2-8-22-16-7-6-12(9-15(16)17)11-18-13-4-3-5-14(10-13)19(20)21/h3-7,9-10,18H,2,8,11H2,1H3. The van der Waals surface area contributed by atoms with Gasteiger partial charge >= 0.3 is 0 Å². The fraction of sp³-hybridized carbons (Fsp3) is 0.250. The van der Waals surface area contributed by atoms with E-state index in [1.807, 2.05) is 25.1 Å². The normalized spacial score (nSPS) is 10.3. The van der Waals surface area contributed by atoms with Crippen molar-refractivity contribution in [3.05, 3.63) is 63.2 Å². The molecular weight excluding hydrogens is 304 g/mol. The summed E-state index contributed by atoms with van der Waals surface area (Å²) < 4.78 is 5.52. The molecule has 0 radical (unpaired) electrons. The highest BCUT2D eigenvalue weighted by molar-refractivity contribution is 6.32. The van der Waals surface area contributed by atoms with E-state index in [2.05, 4.69) is 5.32 Å². The third-order valence-corrected chi connectivity index (χ3v) is 3.31. The van der Waals surface area contributed by atoms with E-state index in [1.165, 1.54) is 12.1 Å². The molecule has 0 aliphatic heterocycles. The first kappa shape index (κ1) is 16.1. The highest BCUT2D eigenvalue weighted by Crippen LogP contribution is 2.26. The molecule has 6 heteroatoms. The maximum absolute atomic E-state index is 10.7. The number of benzene rings is 2. The van der Waals surface area contributed by atoms with Gasteiger partial charge in [-0.25, -0.2) is 0 Å². The molecule has 0 saturated carbocycles. The Hall–Kier alpha value is -2.27. The number of nitro benzene ring substituents is 1. The second-order valence-corrected chi connectivity index (χ2v) is 5.18. The second kappa shape index (κ2) is 7.66. The number of hydrogen-bond donors (Lipinski definition) is 1. The Labute approximate surface area is 134 Å². The van der Waals surface area contributed by atoms with Crippen LogP contribution in [0.25, 0.3) is 0 Å². The van der Waals surface area contributed by atoms with E-state index in [1.54, 1.807) is 12.1 Å². The van der Waals surface area contributed by atoms with Crippen LogP contribution in [-0.4, -0.2) is 11.5 Å². The molecule has 5 nitrogen and oxygen atoms in total. The summed E-state index contributed by atoms with van der Waals surface area (Å²) in [5, 5.41) is 14.4. The van der Waals surface area contributed by atoms with Gasteiger partial charge in [-0.2, -0.15) is 0 Å². The van der Waals surface area contributed by atoms with Crippen LogP contribution in [0.4, 0.5) is 11.4 Å². The van der Waals surface area contributed by atoms with E-state index in [9.17, 15) is 10.1 Å². The summed E-state index contributed by atoms with van der Waals surface area (Å²) in [5.74, 6) is 0.669. The summed E-state index contributed by atoms with van der Waals surface area (Å²) in [4.78, 5) is 10.3. The molecule has 1 N–H and O–H groups in total. The van der Waals surface area contributed by atoms with Gasteiger partial charge in [-0.05, 0) is 30.2 Å². The summed E-state index contributed by atoms with van der Waals surface area (Å²) in [5.41, 5.74) is 1.73. The Kier molecular flexibility index (Phi) is 5.61. The summed E-state index contributed by atoms with van der Waals surface area (Å²) >= 11 is 6.17. The summed E-state index contributed by atoms with van der Waals surface area (Å²) in [6.45, 7) is 3.19. The molecule has 0 unspecified atom stereocenters. The topological polar surface area (TPSA) is 64.4 Å². The molecule has 0 bridgehead atoms. The molecule has 2 rings (SSSR count). The first-order chi connectivity index (χ1) is 10.6. The van der Waals surface area contributed by atoms with Gasteiger partial charge in [0.2, 0.25) is 0 Å². The van der Waals surface area contributed by atoms with Crippen LogP contribution in [0.5, 0.6) is 5.75 Å². The number of rotatable bonds is 7. The van der Waals surface area contributed by atoms with Crippen LogP contribution in [0, 0.1) is 10.1 Å². The van der Waals surface area contributed by atoms with Gasteiger partial charge in [0.1, 0.15) is 5.75 Å². The molecule has 2 aromatic rings. The van der Waals surface area contributed by atoms with Crippen LogP contribution in [0.3, 0.4) is 0 Å². The van der Waals surface area contributed by atoms with Crippen LogP contribution in [-0.2, 0) is 6.54 Å². The minimum atomic E-state index is -0.415. The Balaban J connectivity index is 2.01. The number of nitrogens with one attached hydrogen (secondary N) is 1. The Bertz CT molecular complexity index is 662. The molecule has 0 aromatic heterocycles. The lowest BCUT2D eigenvalue weighted by Crippen LogP contribution is -2.01. The van der Waals surface area contributed by atoms with Gasteiger partial charge in [-0.15, -0.1) is 0 Å². The summed E-state index contributed by atoms with van der Waals surface area (Å²) in [7, 11) is 0. The molecule has 0 spiro atoms. The number of hydrogen-bond acceptors (Lipinski definition) is 4. The molecule has 0 saturated heterocycles. The number of halogens is 1. The Morgan fingerprint density at radius 3 is 2.77 bits per heavy atom. The zero-order chi connectivity index (χ0) is 15.9. The van der Waals surface area contributed by atoms with Crippen LogP contribution in [0.1, 0.15) is 18.9 Å². The lowest BCUT2D eigenvalue weighted by molar-refractivity contribution is -0.384. The van der Waals surface area contributed by atoms with Crippen molar-refractivity contribution in [3.63, 3.8) is 0 Å². The smallest absolute Gasteiger partial charge is 0.271 e. The summed E-state index contributed by atoms with van der Waals surface area (Å²) in [6, 6.07) is 12.0. The quantitative estimate of drug-likeness (QED) is 0.595. The Morgan fingerprint density at radius 2 is 2.09 bits per heavy atom. The fourth-order valence-corrected chi connectivity index (χ4v) is 2.17. The van der Waals surface area contributed by atoms with Crippen molar-refractivity contribution >= 4 is 23.0 Å². The lowest BCUT2D eigenvalue weighted by atomic mass is 10.2. The minimum absolute atomic E-state index is 0.0614. The van der Waals surface area contributed by atoms with Gasteiger partial charge in [-0.1, -0.05) is 30.7 Å². The van der Waals surface area contributed by atoms with Crippen molar-refractivity contribution in [2.24, 2.45) is 0 Å². The van der Waals surface area contributed by atoms with Gasteiger partial charge in [0.05, 0.1) is 16.6 Å². The summed E-state index contributed by atoms with van der Waals surface area (Å²) in [6.07, 6.45) is 0.923. The number of ether oxygens (including phenoxy) is 1. The molecule has 0 heterocycles. The number of non-ortho nitro benzene ring substituents is 1. The molecule has 0 amide bonds. The van der Waals surface area contributed by atoms with E-state index in [0.717, 1.165) is 12.0 Å². The predicted molar refractivity (Wildman–Crippen MR) is 87.7 cm³/mol. The van der Waals surface area contributed by atoms with Gasteiger partial charge < -0.3 is 10.1 Å². The molecule has 22 heavy (non-hydrogen) atoms. The van der Waals surface area contributed by atoms with Crippen LogP contribution in [0.2, 0.25) is 5.02 Å². The average Bonchev–Trinajstić information content (AvgIpc) is 2.52. The SMILES string of the molecule is CCCOc1ccc(CNc2cccc([N+](=O)[O-])c2)cc1Cl. The molecule has 0 atom stereocenters. The lowest BCUT2D eigenvalue weighted by Gasteiger charge is -2.10. The van der Waals surface area contributed by atoms with Gasteiger partial charge in [0.15, 0.2) is 0 Å². The highest BCUT2D eigenvalue weighted by Gasteiger charge is 2.06. The van der Waals surface area contributed by atoms with Crippen molar-refractivity contribution in [2.75, 3.05) is 11.9 Å². The van der Waals surface area contributed by atoms with Crippen LogP contribution < -0.4 is 10.1 Å². The molecule has 0 aliphatic carbocycles. The zero-order valence-corrected chi connectivity index (χ0v) is 13.0. The van der Waals surface area contributed by atoms with Crippen molar-refractivity contribution < 1.29 is 9.66 Å². The molecule has 116 valence electrons. The zero-order valence-electron chi connectivity index (χ0n) is 12.2. The Morgan fingerprint density at radius 1 is 1.27 bits per heavy atom. The minimum Gasteiger partial charge on any atom is -0.492 e. The maximum Gasteiger partial charge on any atom is 0.271 e. The van der Waals surface area contributed by atoms with E-state index in [-0.39, 0.29) is 5.69 Å². The predicted octanol–water partition coefficient (Wildman–Crippen LogP) is 4.65. The number of anilines is 1. The third kappa shape index (κ3) is 4.36. The van der Waals surface area contributed by atoms with Crippen LogP contribution >= 0.6 is 11.6 Å². The second-order valence-electron chi connectivity index (χ2n) is 4.77. The van der Waals surface area contributed by atoms with Gasteiger partial charge in [-0.3, -0.25) is 10.1 Å². The van der Waals surface area contributed by atoms with E-state index < -0.39 is 4.92 Å². The fourth-order valence-electron chi connectivity index (χ4n) is 1.92. The largest absolute Gasteiger partial charge is 0.492 e. The van der Waals surface area contributed by atoms with Crippen molar-refractivity contribution in [2.45, 2.75) is 19.9 Å². The number of nitro groups is 1.